The third-order valence-corrected chi connectivity index (χ3v) is 4.72. The summed E-state index contributed by atoms with van der Waals surface area (Å²) in [5, 5.41) is 11.2. The highest BCUT2D eigenvalue weighted by Crippen LogP contribution is 2.26. The van der Waals surface area contributed by atoms with Crippen molar-refractivity contribution in [2.24, 2.45) is 0 Å². The first-order chi connectivity index (χ1) is 12.5. The number of hydrogen-bond donors (Lipinski definition) is 1. The molecule has 0 bridgehead atoms. The Labute approximate surface area is 153 Å². The number of nitrogens with zero attached hydrogens (tertiary/aromatic N) is 1. The molecule has 1 heterocycles. The average molecular weight is 349 g/mol. The van der Waals surface area contributed by atoms with Crippen LogP contribution in [0.2, 0.25) is 0 Å². The van der Waals surface area contributed by atoms with Crippen LogP contribution < -0.4 is 4.74 Å². The van der Waals surface area contributed by atoms with E-state index in [0.29, 0.717) is 12.5 Å². The van der Waals surface area contributed by atoms with Crippen LogP contribution in [0.5, 0.6) is 5.75 Å². The van der Waals surface area contributed by atoms with Crippen LogP contribution in [0, 0.1) is 0 Å². The number of fused-ring (bicyclic) bond motifs is 1. The second-order valence-electron chi connectivity index (χ2n) is 6.62. The van der Waals surface area contributed by atoms with E-state index in [1.165, 1.54) is 0 Å². The van der Waals surface area contributed by atoms with Crippen molar-refractivity contribution < 1.29 is 14.6 Å². The van der Waals surface area contributed by atoms with Gasteiger partial charge in [-0.2, -0.15) is 0 Å². The second-order valence-corrected chi connectivity index (χ2v) is 6.62. The summed E-state index contributed by atoms with van der Waals surface area (Å²) in [5.74, 6) is -0.156. The molecule has 134 valence electrons. The largest absolute Gasteiger partial charge is 0.494 e. The first kappa shape index (κ1) is 17.9. The molecule has 0 spiro atoms. The van der Waals surface area contributed by atoms with E-state index in [9.17, 15) is 4.79 Å². The van der Waals surface area contributed by atoms with Crippen molar-refractivity contribution in [3.63, 3.8) is 0 Å². The van der Waals surface area contributed by atoms with Gasteiger partial charge in [0.15, 0.2) is 0 Å². The Morgan fingerprint density at radius 1 is 1.08 bits per heavy atom. The Hall–Kier alpha value is -2.88. The van der Waals surface area contributed by atoms with Gasteiger partial charge < -0.3 is 9.84 Å². The number of pyridine rings is 1. The molecule has 0 aliphatic rings. The number of carbonyl (C=O) groups is 1. The minimum absolute atomic E-state index is 0.344. The molecule has 1 aromatic heterocycles. The molecule has 3 rings (SSSR count). The highest BCUT2D eigenvalue weighted by atomic mass is 16.5. The van der Waals surface area contributed by atoms with Gasteiger partial charge in [0.05, 0.1) is 12.5 Å². The van der Waals surface area contributed by atoms with Crippen molar-refractivity contribution in [3.8, 4) is 5.75 Å². The molecule has 2 aromatic carbocycles. The number of rotatable bonds is 7. The first-order valence-electron chi connectivity index (χ1n) is 8.85. The van der Waals surface area contributed by atoms with Crippen LogP contribution in [0.3, 0.4) is 0 Å². The highest BCUT2D eigenvalue weighted by molar-refractivity contribution is 5.86. The number of benzene rings is 2. The molecule has 4 nitrogen and oxygen atoms in total. The molecular formula is C22H23NO3. The van der Waals surface area contributed by atoms with Gasteiger partial charge in [-0.3, -0.25) is 9.78 Å². The SMILES string of the molecule is CC(CCOc1ccc2cc([C@H](C)C(=O)O)ccc2c1)c1ccccn1. The Morgan fingerprint density at radius 3 is 2.58 bits per heavy atom. The number of aliphatic carboxylic acids is 1. The highest BCUT2D eigenvalue weighted by Gasteiger charge is 2.14. The number of carboxylic acids is 1. The van der Waals surface area contributed by atoms with Gasteiger partial charge >= 0.3 is 5.97 Å². The monoisotopic (exact) mass is 349 g/mol. The summed E-state index contributed by atoms with van der Waals surface area (Å²) in [4.78, 5) is 15.5. The topological polar surface area (TPSA) is 59.4 Å². The smallest absolute Gasteiger partial charge is 0.310 e. The molecule has 0 fully saturated rings. The normalized spacial score (nSPS) is 13.3. The number of carboxylic acid groups (broad SMARTS) is 1. The summed E-state index contributed by atoms with van der Waals surface area (Å²) in [6.07, 6.45) is 2.71. The predicted molar refractivity (Wildman–Crippen MR) is 103 cm³/mol. The minimum Gasteiger partial charge on any atom is -0.494 e. The predicted octanol–water partition coefficient (Wildman–Crippen LogP) is 5.00. The third kappa shape index (κ3) is 4.20. The molecule has 0 aliphatic heterocycles. The van der Waals surface area contributed by atoms with Gasteiger partial charge in [-0.1, -0.05) is 37.3 Å². The van der Waals surface area contributed by atoms with E-state index in [-0.39, 0.29) is 0 Å². The maximum atomic E-state index is 11.1. The molecular weight excluding hydrogens is 326 g/mol. The molecule has 0 radical (unpaired) electrons. The molecule has 2 atom stereocenters. The molecule has 1 N–H and O–H groups in total. The van der Waals surface area contributed by atoms with Crippen LogP contribution in [0.15, 0.2) is 60.8 Å². The van der Waals surface area contributed by atoms with Crippen molar-refractivity contribution >= 4 is 16.7 Å². The van der Waals surface area contributed by atoms with E-state index >= 15 is 0 Å². The average Bonchev–Trinajstić information content (AvgIpc) is 2.67. The van der Waals surface area contributed by atoms with Gasteiger partial charge in [0.25, 0.3) is 0 Å². The Balaban J connectivity index is 1.64. The fourth-order valence-corrected chi connectivity index (χ4v) is 2.91. The lowest BCUT2D eigenvalue weighted by atomic mass is 9.98. The number of aromatic nitrogens is 1. The van der Waals surface area contributed by atoms with Crippen molar-refractivity contribution in [1.82, 2.24) is 4.98 Å². The second kappa shape index (κ2) is 8.00. The van der Waals surface area contributed by atoms with Crippen molar-refractivity contribution in [3.05, 3.63) is 72.1 Å². The van der Waals surface area contributed by atoms with Gasteiger partial charge in [-0.05, 0) is 53.9 Å². The van der Waals surface area contributed by atoms with Crippen LogP contribution in [0.4, 0.5) is 0 Å². The van der Waals surface area contributed by atoms with E-state index in [1.54, 1.807) is 6.92 Å². The minimum atomic E-state index is -0.814. The van der Waals surface area contributed by atoms with Crippen molar-refractivity contribution in [2.45, 2.75) is 32.1 Å². The van der Waals surface area contributed by atoms with E-state index < -0.39 is 11.9 Å². The van der Waals surface area contributed by atoms with Gasteiger partial charge in [0, 0.05) is 17.8 Å². The summed E-state index contributed by atoms with van der Waals surface area (Å²) in [7, 11) is 0. The molecule has 26 heavy (non-hydrogen) atoms. The van der Waals surface area contributed by atoms with E-state index in [4.69, 9.17) is 9.84 Å². The zero-order chi connectivity index (χ0) is 18.5. The molecule has 3 aromatic rings. The quantitative estimate of drug-likeness (QED) is 0.652. The summed E-state index contributed by atoms with van der Waals surface area (Å²) < 4.78 is 5.90. The molecule has 0 aliphatic carbocycles. The number of ether oxygens (including phenoxy) is 1. The van der Waals surface area contributed by atoms with Crippen LogP contribution in [-0.4, -0.2) is 22.7 Å². The van der Waals surface area contributed by atoms with Crippen LogP contribution in [0.25, 0.3) is 10.8 Å². The van der Waals surface area contributed by atoms with Crippen LogP contribution in [-0.2, 0) is 4.79 Å². The van der Waals surface area contributed by atoms with E-state index in [1.807, 2.05) is 60.8 Å². The molecule has 0 amide bonds. The van der Waals surface area contributed by atoms with Gasteiger partial charge in [-0.25, -0.2) is 0 Å². The summed E-state index contributed by atoms with van der Waals surface area (Å²) in [5.41, 5.74) is 1.89. The Kier molecular flexibility index (Phi) is 5.52. The van der Waals surface area contributed by atoms with Crippen LogP contribution in [0.1, 0.15) is 43.4 Å². The van der Waals surface area contributed by atoms with Crippen molar-refractivity contribution in [1.29, 1.82) is 0 Å². The van der Waals surface area contributed by atoms with Crippen LogP contribution >= 0.6 is 0 Å². The fourth-order valence-electron chi connectivity index (χ4n) is 2.91. The number of hydrogen-bond acceptors (Lipinski definition) is 3. The zero-order valence-electron chi connectivity index (χ0n) is 15.1. The van der Waals surface area contributed by atoms with Crippen molar-refractivity contribution in [2.75, 3.05) is 6.61 Å². The fraction of sp³-hybridized carbons (Fsp3) is 0.273. The summed E-state index contributed by atoms with van der Waals surface area (Å²) >= 11 is 0. The zero-order valence-corrected chi connectivity index (χ0v) is 15.1. The maximum absolute atomic E-state index is 11.1. The molecule has 0 saturated heterocycles. The maximum Gasteiger partial charge on any atom is 0.310 e. The lowest BCUT2D eigenvalue weighted by molar-refractivity contribution is -0.138. The Morgan fingerprint density at radius 2 is 1.85 bits per heavy atom. The summed E-state index contributed by atoms with van der Waals surface area (Å²) in [6, 6.07) is 17.6. The van der Waals surface area contributed by atoms with E-state index in [2.05, 4.69) is 11.9 Å². The molecule has 4 heteroatoms. The molecule has 0 saturated carbocycles. The standard InChI is InChI=1S/C22H23NO3/c1-15(21-5-3-4-11-23-21)10-12-26-20-9-8-18-13-17(16(2)22(24)25)6-7-19(18)14-20/h3-9,11,13-16H,10,12H2,1-2H3,(H,24,25)/t15?,16-/m0/s1. The van der Waals surface area contributed by atoms with Gasteiger partial charge in [0.2, 0.25) is 0 Å². The lowest BCUT2D eigenvalue weighted by Crippen LogP contribution is -2.07. The Bertz CT molecular complexity index is 892. The third-order valence-electron chi connectivity index (χ3n) is 4.72. The lowest BCUT2D eigenvalue weighted by Gasteiger charge is -2.13. The van der Waals surface area contributed by atoms with Gasteiger partial charge in [0.1, 0.15) is 5.75 Å². The van der Waals surface area contributed by atoms with E-state index in [0.717, 1.165) is 34.2 Å². The van der Waals surface area contributed by atoms with Gasteiger partial charge in [-0.15, -0.1) is 0 Å². The molecule has 1 unspecified atom stereocenters. The summed E-state index contributed by atoms with van der Waals surface area (Å²) in [6.45, 7) is 4.47. The first-order valence-corrected chi connectivity index (χ1v) is 8.85.